The highest BCUT2D eigenvalue weighted by Gasteiger charge is 2.28. The van der Waals surface area contributed by atoms with Crippen molar-refractivity contribution in [1.82, 2.24) is 19.9 Å². The van der Waals surface area contributed by atoms with Crippen LogP contribution in [-0.4, -0.2) is 49.7 Å². The molecule has 0 aliphatic rings. The molecule has 0 fully saturated rings. The molecule has 12 heteroatoms. The van der Waals surface area contributed by atoms with Gasteiger partial charge in [0.25, 0.3) is 15.7 Å². The second kappa shape index (κ2) is 8.14. The summed E-state index contributed by atoms with van der Waals surface area (Å²) in [6, 6.07) is 8.12. The van der Waals surface area contributed by atoms with Crippen molar-refractivity contribution in [2.24, 2.45) is 0 Å². The summed E-state index contributed by atoms with van der Waals surface area (Å²) in [6.07, 6.45) is 3.45. The summed E-state index contributed by atoms with van der Waals surface area (Å²) in [6.45, 7) is 0.374. The lowest BCUT2D eigenvalue weighted by Gasteiger charge is -2.14. The SMILES string of the molecule is COc1cccc(OC)c1S(=O)(=O)Nc1noc2nc(Cn3cccn3)cc(OC)c12. The number of aromatic nitrogens is 4. The number of pyridine rings is 1. The summed E-state index contributed by atoms with van der Waals surface area (Å²) in [4.78, 5) is 4.23. The number of hydrogen-bond acceptors (Lipinski definition) is 9. The number of rotatable bonds is 8. The van der Waals surface area contributed by atoms with Crippen LogP contribution in [0.4, 0.5) is 5.82 Å². The topological polar surface area (TPSA) is 131 Å². The van der Waals surface area contributed by atoms with Crippen LogP contribution in [0, 0.1) is 0 Å². The van der Waals surface area contributed by atoms with Gasteiger partial charge in [0.1, 0.15) is 22.6 Å². The maximum absolute atomic E-state index is 13.2. The van der Waals surface area contributed by atoms with Gasteiger partial charge in [-0.1, -0.05) is 11.2 Å². The third-order valence-corrected chi connectivity index (χ3v) is 5.85. The molecule has 0 spiro atoms. The summed E-state index contributed by atoms with van der Waals surface area (Å²) >= 11 is 0. The first kappa shape index (κ1) is 20.5. The quantitative estimate of drug-likeness (QED) is 0.434. The van der Waals surface area contributed by atoms with Crippen molar-refractivity contribution < 1.29 is 27.2 Å². The van der Waals surface area contributed by atoms with E-state index in [1.807, 2.05) is 0 Å². The van der Waals surface area contributed by atoms with Crippen LogP contribution in [0.15, 0.2) is 52.1 Å². The van der Waals surface area contributed by atoms with Gasteiger partial charge in [0.15, 0.2) is 10.7 Å². The molecule has 31 heavy (non-hydrogen) atoms. The summed E-state index contributed by atoms with van der Waals surface area (Å²) < 4.78 is 51.5. The number of anilines is 1. The first-order valence-corrected chi connectivity index (χ1v) is 10.5. The predicted octanol–water partition coefficient (Wildman–Crippen LogP) is 2.29. The van der Waals surface area contributed by atoms with Crippen LogP contribution in [0.5, 0.6) is 17.2 Å². The van der Waals surface area contributed by atoms with Gasteiger partial charge < -0.3 is 18.7 Å². The molecule has 1 N–H and O–H groups in total. The second-order valence-corrected chi connectivity index (χ2v) is 7.95. The lowest BCUT2D eigenvalue weighted by molar-refractivity contribution is 0.373. The number of fused-ring (bicyclic) bond motifs is 1. The first-order valence-electron chi connectivity index (χ1n) is 9.01. The molecule has 4 aromatic rings. The van der Waals surface area contributed by atoms with Gasteiger partial charge in [-0.25, -0.2) is 13.4 Å². The zero-order valence-corrected chi connectivity index (χ0v) is 17.7. The molecule has 0 amide bonds. The molecule has 0 saturated carbocycles. The zero-order valence-electron chi connectivity index (χ0n) is 16.9. The maximum Gasteiger partial charge on any atom is 0.270 e. The van der Waals surface area contributed by atoms with E-state index in [1.165, 1.54) is 33.5 Å². The van der Waals surface area contributed by atoms with Gasteiger partial charge in [-0.05, 0) is 18.2 Å². The van der Waals surface area contributed by atoms with E-state index in [1.54, 1.807) is 35.3 Å². The third-order valence-electron chi connectivity index (χ3n) is 4.45. The molecule has 0 radical (unpaired) electrons. The average Bonchev–Trinajstić information content (AvgIpc) is 3.42. The van der Waals surface area contributed by atoms with E-state index in [9.17, 15) is 8.42 Å². The average molecular weight is 445 g/mol. The maximum atomic E-state index is 13.2. The van der Waals surface area contributed by atoms with Gasteiger partial charge in [-0.2, -0.15) is 5.10 Å². The Morgan fingerprint density at radius 1 is 1.06 bits per heavy atom. The minimum Gasteiger partial charge on any atom is -0.496 e. The van der Waals surface area contributed by atoms with Gasteiger partial charge in [-0.15, -0.1) is 0 Å². The third kappa shape index (κ3) is 3.84. The zero-order chi connectivity index (χ0) is 22.0. The first-order chi connectivity index (χ1) is 15.0. The molecular formula is C19H19N5O6S. The minimum atomic E-state index is -4.16. The fourth-order valence-corrected chi connectivity index (χ4v) is 4.43. The largest absolute Gasteiger partial charge is 0.496 e. The van der Waals surface area contributed by atoms with Crippen molar-refractivity contribution in [3.63, 3.8) is 0 Å². The van der Waals surface area contributed by atoms with E-state index >= 15 is 0 Å². The lowest BCUT2D eigenvalue weighted by Crippen LogP contribution is -2.16. The molecule has 4 rings (SSSR count). The van der Waals surface area contributed by atoms with Gasteiger partial charge in [0.2, 0.25) is 0 Å². The summed E-state index contributed by atoms with van der Waals surface area (Å²) in [5.74, 6) is 0.508. The van der Waals surface area contributed by atoms with Crippen LogP contribution in [0.3, 0.4) is 0 Å². The molecule has 162 valence electrons. The Kier molecular flexibility index (Phi) is 5.38. The standard InChI is InChI=1S/C19H19N5O6S/c1-27-13-6-4-7-14(28-2)17(13)31(25,26)23-18-16-15(29-3)10-12(21-19(16)30-22-18)11-24-9-5-8-20-24/h4-10H,11H2,1-3H3,(H,22,23). The monoisotopic (exact) mass is 445 g/mol. The lowest BCUT2D eigenvalue weighted by atomic mass is 10.2. The van der Waals surface area contributed by atoms with Gasteiger partial charge in [0, 0.05) is 18.5 Å². The normalized spacial score (nSPS) is 11.5. The highest BCUT2D eigenvalue weighted by molar-refractivity contribution is 7.93. The Morgan fingerprint density at radius 2 is 1.77 bits per heavy atom. The van der Waals surface area contributed by atoms with Crippen LogP contribution < -0.4 is 18.9 Å². The minimum absolute atomic E-state index is 0.0713. The molecule has 11 nitrogen and oxygen atoms in total. The number of benzene rings is 1. The van der Waals surface area contributed by atoms with Gasteiger partial charge in [0.05, 0.1) is 33.6 Å². The van der Waals surface area contributed by atoms with Crippen molar-refractivity contribution >= 4 is 26.9 Å². The Hall–Kier alpha value is -3.80. The van der Waals surface area contributed by atoms with E-state index in [-0.39, 0.29) is 33.3 Å². The number of sulfonamides is 1. The Morgan fingerprint density at radius 3 is 2.39 bits per heavy atom. The number of hydrogen-bond donors (Lipinski definition) is 1. The van der Waals surface area contributed by atoms with Crippen LogP contribution in [0.2, 0.25) is 0 Å². The Balaban J connectivity index is 1.76. The molecule has 0 aliphatic heterocycles. The van der Waals surface area contributed by atoms with Crippen molar-refractivity contribution in [2.45, 2.75) is 11.4 Å². The molecule has 0 atom stereocenters. The van der Waals surface area contributed by atoms with Crippen LogP contribution >= 0.6 is 0 Å². The number of ether oxygens (including phenoxy) is 3. The molecule has 3 aromatic heterocycles. The van der Waals surface area contributed by atoms with Crippen molar-refractivity contribution in [1.29, 1.82) is 0 Å². The number of nitrogens with one attached hydrogen (secondary N) is 1. The van der Waals surface area contributed by atoms with Gasteiger partial charge in [-0.3, -0.25) is 9.40 Å². The Bertz CT molecular complexity index is 1300. The molecule has 1 aromatic carbocycles. The predicted molar refractivity (Wildman–Crippen MR) is 110 cm³/mol. The van der Waals surface area contributed by atoms with Crippen molar-refractivity contribution in [2.75, 3.05) is 26.1 Å². The molecule has 0 bridgehead atoms. The second-order valence-electron chi connectivity index (χ2n) is 6.33. The van der Waals surface area contributed by atoms with Crippen LogP contribution in [-0.2, 0) is 16.6 Å². The Labute approximate surface area is 177 Å². The number of nitrogens with zero attached hydrogens (tertiary/aromatic N) is 4. The van der Waals surface area contributed by atoms with E-state index in [4.69, 9.17) is 18.7 Å². The summed E-state index contributed by atoms with van der Waals surface area (Å²) in [7, 11) is 0.0399. The highest BCUT2D eigenvalue weighted by Crippen LogP contribution is 2.37. The van der Waals surface area contributed by atoms with Crippen LogP contribution in [0.1, 0.15) is 5.69 Å². The van der Waals surface area contributed by atoms with Gasteiger partial charge >= 0.3 is 0 Å². The van der Waals surface area contributed by atoms with Crippen molar-refractivity contribution in [3.05, 3.63) is 48.4 Å². The van der Waals surface area contributed by atoms with E-state index in [0.29, 0.717) is 18.0 Å². The van der Waals surface area contributed by atoms with E-state index in [2.05, 4.69) is 20.0 Å². The van der Waals surface area contributed by atoms with E-state index in [0.717, 1.165) is 0 Å². The molecule has 0 saturated heterocycles. The highest BCUT2D eigenvalue weighted by atomic mass is 32.2. The van der Waals surface area contributed by atoms with Crippen LogP contribution in [0.25, 0.3) is 11.1 Å². The van der Waals surface area contributed by atoms with Crippen molar-refractivity contribution in [3.8, 4) is 17.2 Å². The summed E-state index contributed by atoms with van der Waals surface area (Å²) in [5, 5.41) is 8.27. The fourth-order valence-electron chi connectivity index (χ4n) is 3.10. The smallest absolute Gasteiger partial charge is 0.270 e. The molecular weight excluding hydrogens is 426 g/mol. The molecule has 0 aliphatic carbocycles. The molecule has 0 unspecified atom stereocenters. The molecule has 3 heterocycles. The summed E-state index contributed by atoms with van der Waals surface area (Å²) in [5.41, 5.74) is 0.719. The van der Waals surface area contributed by atoms with E-state index < -0.39 is 10.0 Å². The number of methoxy groups -OCH3 is 3. The fraction of sp³-hybridized carbons (Fsp3) is 0.211.